The van der Waals surface area contributed by atoms with Crippen molar-refractivity contribution in [3.8, 4) is 0 Å². The maximum absolute atomic E-state index is 11.9. The van der Waals surface area contributed by atoms with Gasteiger partial charge in [-0.15, -0.1) is 6.58 Å². The lowest BCUT2D eigenvalue weighted by molar-refractivity contribution is -0.0383. The third kappa shape index (κ3) is 6.91. The van der Waals surface area contributed by atoms with Crippen molar-refractivity contribution < 1.29 is 14.0 Å². The minimum Gasteiger partial charge on any atom is -0.417 e. The van der Waals surface area contributed by atoms with Crippen LogP contribution in [-0.2, 0) is 8.85 Å². The Balaban J connectivity index is 1.95. The van der Waals surface area contributed by atoms with Crippen molar-refractivity contribution in [3.63, 3.8) is 0 Å². The highest BCUT2D eigenvalue weighted by atomic mass is 28.4. The van der Waals surface area contributed by atoms with E-state index in [1.165, 1.54) is 15.9 Å². The molecular formula is C36H56O3Si2. The Bertz CT molecular complexity index is 1140. The number of rotatable bonds is 11. The monoisotopic (exact) mass is 592 g/mol. The Morgan fingerprint density at radius 2 is 1.41 bits per heavy atom. The fourth-order valence-corrected chi connectivity index (χ4v) is 11.9. The smallest absolute Gasteiger partial charge is 0.261 e. The second-order valence-corrected chi connectivity index (χ2v) is 24.1. The number of hydrogen-bond acceptors (Lipinski definition) is 3. The molecule has 5 heteroatoms. The van der Waals surface area contributed by atoms with Crippen LogP contribution in [0, 0.1) is 11.3 Å². The molecule has 0 spiro atoms. The van der Waals surface area contributed by atoms with Gasteiger partial charge in [-0.25, -0.2) is 0 Å². The lowest BCUT2D eigenvalue weighted by Gasteiger charge is -2.49. The summed E-state index contributed by atoms with van der Waals surface area (Å²) in [6, 6.07) is 21.7. The Labute approximate surface area is 253 Å². The molecule has 41 heavy (non-hydrogen) atoms. The molecule has 0 fully saturated rings. The quantitative estimate of drug-likeness (QED) is 0.162. The van der Waals surface area contributed by atoms with Crippen LogP contribution < -0.4 is 10.4 Å². The molecule has 226 valence electrons. The first-order valence-corrected chi connectivity index (χ1v) is 20.2. The molecule has 1 N–H and O–H groups in total. The van der Waals surface area contributed by atoms with Crippen LogP contribution in [0.15, 0.2) is 85.0 Å². The van der Waals surface area contributed by atoms with Gasteiger partial charge in [-0.3, -0.25) is 0 Å². The second kappa shape index (κ2) is 12.5. The van der Waals surface area contributed by atoms with Crippen molar-refractivity contribution in [3.05, 3.63) is 85.0 Å². The Morgan fingerprint density at radius 3 is 1.85 bits per heavy atom. The van der Waals surface area contributed by atoms with Crippen molar-refractivity contribution in [1.29, 1.82) is 0 Å². The Morgan fingerprint density at radius 1 is 0.902 bits per heavy atom. The van der Waals surface area contributed by atoms with Gasteiger partial charge in [0.1, 0.15) is 0 Å². The molecule has 3 nitrogen and oxygen atoms in total. The molecule has 1 aliphatic rings. The van der Waals surface area contributed by atoms with Crippen LogP contribution in [0.1, 0.15) is 74.7 Å². The van der Waals surface area contributed by atoms with E-state index in [2.05, 4.69) is 142 Å². The van der Waals surface area contributed by atoms with Crippen LogP contribution in [0.5, 0.6) is 0 Å². The number of aliphatic hydroxyl groups is 1. The summed E-state index contributed by atoms with van der Waals surface area (Å²) in [5.74, 6) is 0.188. The SMILES string of the molecule is C=C[C@@]1(O)C[C@H](C)C(CO[Si](c2ccccc2)(c2ccccc2)C(C)(C)C)=C[C@]1(C)CCCO[Si](C)(C)C(C)(C)C. The van der Waals surface area contributed by atoms with Crippen LogP contribution in [0.4, 0.5) is 0 Å². The van der Waals surface area contributed by atoms with Gasteiger partial charge in [0.25, 0.3) is 8.32 Å². The maximum Gasteiger partial charge on any atom is 0.261 e. The first kappa shape index (κ1) is 33.7. The van der Waals surface area contributed by atoms with E-state index >= 15 is 0 Å². The zero-order valence-corrected chi connectivity index (χ0v) is 29.5. The highest BCUT2D eigenvalue weighted by Gasteiger charge is 2.52. The Hall–Kier alpha value is -1.77. The van der Waals surface area contributed by atoms with E-state index in [9.17, 15) is 5.11 Å². The van der Waals surface area contributed by atoms with Crippen LogP contribution >= 0.6 is 0 Å². The average Bonchev–Trinajstić information content (AvgIpc) is 2.90. The minimum absolute atomic E-state index is 0.0829. The van der Waals surface area contributed by atoms with E-state index in [4.69, 9.17) is 8.85 Å². The van der Waals surface area contributed by atoms with Gasteiger partial charge in [0.15, 0.2) is 8.32 Å². The van der Waals surface area contributed by atoms with Crippen molar-refractivity contribution in [2.75, 3.05) is 13.2 Å². The average molecular weight is 593 g/mol. The normalized spacial score (nSPS) is 24.2. The van der Waals surface area contributed by atoms with Crippen molar-refractivity contribution in [1.82, 2.24) is 0 Å². The van der Waals surface area contributed by atoms with Gasteiger partial charge < -0.3 is 14.0 Å². The van der Waals surface area contributed by atoms with Gasteiger partial charge in [-0.1, -0.05) is 128 Å². The number of hydrogen-bond donors (Lipinski definition) is 1. The molecule has 2 aromatic carbocycles. The molecule has 3 atom stereocenters. The van der Waals surface area contributed by atoms with Gasteiger partial charge in [0, 0.05) is 12.0 Å². The fourth-order valence-electron chi connectivity index (χ4n) is 6.23. The lowest BCUT2D eigenvalue weighted by atomic mass is 9.61. The minimum atomic E-state index is -2.66. The first-order chi connectivity index (χ1) is 18.9. The maximum atomic E-state index is 11.9. The fraction of sp³-hybridized carbons (Fsp3) is 0.556. The molecule has 0 aromatic heterocycles. The van der Waals surface area contributed by atoms with Crippen molar-refractivity contribution in [2.45, 2.75) is 103 Å². The zero-order chi connectivity index (χ0) is 30.7. The largest absolute Gasteiger partial charge is 0.417 e. The molecule has 0 aliphatic heterocycles. The van der Waals surface area contributed by atoms with Gasteiger partial charge in [0.2, 0.25) is 0 Å². The van der Waals surface area contributed by atoms with Crippen LogP contribution in [0.25, 0.3) is 0 Å². The predicted molar refractivity (Wildman–Crippen MR) is 181 cm³/mol. The Kier molecular flexibility index (Phi) is 10.2. The molecular weight excluding hydrogens is 537 g/mol. The summed E-state index contributed by atoms with van der Waals surface area (Å²) >= 11 is 0. The molecule has 0 unspecified atom stereocenters. The van der Waals surface area contributed by atoms with E-state index in [1.54, 1.807) is 6.08 Å². The van der Waals surface area contributed by atoms with E-state index in [1.807, 2.05) is 0 Å². The third-order valence-electron chi connectivity index (χ3n) is 10.1. The van der Waals surface area contributed by atoms with Gasteiger partial charge in [0.05, 0.1) is 12.2 Å². The van der Waals surface area contributed by atoms with E-state index in [0.29, 0.717) is 13.0 Å². The molecule has 0 radical (unpaired) electrons. The molecule has 0 saturated carbocycles. The molecule has 0 saturated heterocycles. The predicted octanol–water partition coefficient (Wildman–Crippen LogP) is 8.25. The topological polar surface area (TPSA) is 38.7 Å². The van der Waals surface area contributed by atoms with E-state index < -0.39 is 27.7 Å². The van der Waals surface area contributed by atoms with Crippen LogP contribution in [0.2, 0.25) is 23.2 Å². The van der Waals surface area contributed by atoms with E-state index in [-0.39, 0.29) is 16.0 Å². The zero-order valence-electron chi connectivity index (χ0n) is 27.5. The molecule has 2 aromatic rings. The molecule has 0 bridgehead atoms. The summed E-state index contributed by atoms with van der Waals surface area (Å²) in [5.41, 5.74) is -0.135. The van der Waals surface area contributed by atoms with Crippen molar-refractivity contribution in [2.24, 2.45) is 11.3 Å². The second-order valence-electron chi connectivity index (χ2n) is 15.0. The summed E-state index contributed by atoms with van der Waals surface area (Å²) in [7, 11) is -4.48. The van der Waals surface area contributed by atoms with Gasteiger partial charge >= 0.3 is 0 Å². The summed E-state index contributed by atoms with van der Waals surface area (Å²) in [5, 5.41) is 14.5. The summed E-state index contributed by atoms with van der Waals surface area (Å²) in [6.45, 7) is 28.2. The standard InChI is InChI=1S/C36H56O3Si2/c1-12-36(37)26-29(2)30(27-35(36,9)24-19-25-38-40(10,11)33(3,4)5)28-39-41(34(6,7)8,31-20-15-13-16-21-31)32-22-17-14-18-23-32/h12-18,20-23,27,29,37H,1,19,24-26,28H2,2-11H3/t29-,35-,36+/m0/s1. The lowest BCUT2D eigenvalue weighted by Crippen LogP contribution is -2.66. The van der Waals surface area contributed by atoms with Crippen LogP contribution in [-0.4, -0.2) is 40.6 Å². The molecule has 1 aliphatic carbocycles. The van der Waals surface area contributed by atoms with Gasteiger partial charge in [-0.05, 0) is 64.3 Å². The number of benzene rings is 2. The first-order valence-electron chi connectivity index (χ1n) is 15.4. The summed E-state index contributed by atoms with van der Waals surface area (Å²) < 4.78 is 13.8. The van der Waals surface area contributed by atoms with Crippen molar-refractivity contribution >= 4 is 27.0 Å². The third-order valence-corrected chi connectivity index (χ3v) is 19.6. The summed E-state index contributed by atoms with van der Waals surface area (Å²) in [6.07, 6.45) is 6.47. The molecule has 0 amide bonds. The highest BCUT2D eigenvalue weighted by molar-refractivity contribution is 6.99. The highest BCUT2D eigenvalue weighted by Crippen LogP contribution is 2.49. The van der Waals surface area contributed by atoms with Crippen LogP contribution in [0.3, 0.4) is 0 Å². The van der Waals surface area contributed by atoms with Gasteiger partial charge in [-0.2, -0.15) is 0 Å². The molecule has 0 heterocycles. The van der Waals surface area contributed by atoms with E-state index in [0.717, 1.165) is 19.4 Å². The summed E-state index contributed by atoms with van der Waals surface area (Å²) in [4.78, 5) is 0. The molecule has 3 rings (SSSR count).